The molecule has 0 spiro atoms. The number of rotatable bonds is 8. The monoisotopic (exact) mass is 491 g/mol. The lowest BCUT2D eigenvalue weighted by atomic mass is 10.1. The molecule has 0 heterocycles. The van der Waals surface area contributed by atoms with Gasteiger partial charge in [0.15, 0.2) is 0 Å². The molecule has 1 aliphatic rings. The van der Waals surface area contributed by atoms with Gasteiger partial charge in [0.05, 0.1) is 0 Å². The van der Waals surface area contributed by atoms with Crippen LogP contribution in [0.15, 0.2) is 144 Å². The van der Waals surface area contributed by atoms with Crippen LogP contribution in [0.1, 0.15) is 13.3 Å². The molecule has 0 aromatic heterocycles. The van der Waals surface area contributed by atoms with E-state index in [0.717, 1.165) is 6.42 Å². The second-order valence-electron chi connectivity index (χ2n) is 8.76. The average Bonchev–Trinajstić information content (AvgIpc) is 3.40. The van der Waals surface area contributed by atoms with Crippen molar-refractivity contribution in [1.29, 1.82) is 0 Å². The Bertz CT molecular complexity index is 1210. The van der Waals surface area contributed by atoms with E-state index < -0.39 is 16.0 Å². The zero-order valence-corrected chi connectivity index (χ0v) is 22.1. The highest BCUT2D eigenvalue weighted by atomic mass is 31.1. The number of benzene rings is 4. The Hall–Kier alpha value is -2.82. The second-order valence-corrected chi connectivity index (χ2v) is 13.2. The molecular weight excluding hydrogens is 460 g/mol. The maximum absolute atomic E-state index is 2.62. The molecule has 0 aliphatic heterocycles. The van der Waals surface area contributed by atoms with Gasteiger partial charge in [-0.15, -0.1) is 0 Å². The van der Waals surface area contributed by atoms with Gasteiger partial charge in [0, 0.05) is 14.1 Å². The van der Waals surface area contributed by atoms with Crippen LogP contribution in [0.25, 0.3) is 0 Å². The van der Waals surface area contributed by atoms with Crippen molar-refractivity contribution in [2.24, 2.45) is 0 Å². The van der Waals surface area contributed by atoms with Gasteiger partial charge < -0.3 is 0 Å². The molecule has 1 aliphatic carbocycles. The minimum absolute atomic E-state index is 0.323. The van der Waals surface area contributed by atoms with Crippen molar-refractivity contribution >= 4 is 37.2 Å². The Labute approximate surface area is 212 Å². The van der Waals surface area contributed by atoms with Crippen LogP contribution in [-0.4, -0.2) is 17.8 Å². The summed E-state index contributed by atoms with van der Waals surface area (Å²) in [6, 6.07) is 44.4. The summed E-state index contributed by atoms with van der Waals surface area (Å²) in [7, 11) is 1.07. The number of hydrogen-bond donors (Lipinski definition) is 0. The van der Waals surface area contributed by atoms with Crippen LogP contribution < -0.4 is 21.2 Å². The summed E-state index contributed by atoms with van der Waals surface area (Å²) in [5.41, 5.74) is 1.55. The lowest BCUT2D eigenvalue weighted by Crippen LogP contribution is -2.33. The van der Waals surface area contributed by atoms with Gasteiger partial charge in [-0.25, -0.2) is 0 Å². The topological polar surface area (TPSA) is 3.24 Å². The average molecular weight is 492 g/mol. The zero-order chi connectivity index (χ0) is 24.0. The van der Waals surface area contributed by atoms with Crippen LogP contribution in [0.4, 0.5) is 0 Å². The minimum Gasteiger partial charge on any atom is -0.271 e. The number of likely N-dealkylation sites (N-methyl/N-ethyl adjacent to an activating group) is 1. The summed E-state index contributed by atoms with van der Waals surface area (Å²) in [5.74, 6) is 0. The molecule has 5 rings (SSSR count). The second kappa shape index (κ2) is 11.3. The van der Waals surface area contributed by atoms with E-state index in [0.29, 0.717) is 6.04 Å². The van der Waals surface area contributed by atoms with E-state index in [4.69, 9.17) is 0 Å². The predicted octanol–water partition coefficient (Wildman–Crippen LogP) is 6.70. The first-order valence-corrected chi connectivity index (χ1v) is 14.8. The largest absolute Gasteiger partial charge is 0.271 e. The molecule has 0 fully saturated rings. The van der Waals surface area contributed by atoms with Crippen LogP contribution in [0.3, 0.4) is 0 Å². The number of allylic oxidation sites excluding steroid dienone is 3. The molecular formula is C32H31NP2. The van der Waals surface area contributed by atoms with Crippen molar-refractivity contribution in [3.05, 3.63) is 144 Å². The fourth-order valence-corrected chi connectivity index (χ4v) is 9.78. The fraction of sp³-hybridized carbons (Fsp3) is 0.125. The summed E-state index contributed by atoms with van der Waals surface area (Å²) < 4.78 is 2.62. The molecule has 0 saturated carbocycles. The zero-order valence-electron chi connectivity index (χ0n) is 20.3. The molecule has 4 aromatic carbocycles. The first-order valence-electron chi connectivity index (χ1n) is 12.2. The first-order chi connectivity index (χ1) is 17.2. The highest BCUT2D eigenvalue weighted by molar-refractivity contribution is 7.77. The fourth-order valence-electron chi connectivity index (χ4n) is 4.74. The molecule has 0 radical (unpaired) electrons. The predicted molar refractivity (Wildman–Crippen MR) is 156 cm³/mol. The van der Waals surface area contributed by atoms with Crippen molar-refractivity contribution in [3.8, 4) is 0 Å². The molecule has 0 saturated heterocycles. The molecule has 3 heteroatoms. The Morgan fingerprint density at radius 3 is 1.43 bits per heavy atom. The summed E-state index contributed by atoms with van der Waals surface area (Å²) >= 11 is 0. The quantitative estimate of drug-likeness (QED) is 0.248. The molecule has 1 atom stereocenters. The summed E-state index contributed by atoms with van der Waals surface area (Å²) in [6.07, 6.45) is 5.79. The van der Waals surface area contributed by atoms with E-state index >= 15 is 0 Å². The van der Waals surface area contributed by atoms with Gasteiger partial charge in [-0.2, -0.15) is 0 Å². The molecule has 0 bridgehead atoms. The Balaban J connectivity index is 1.57. The molecule has 4 aromatic rings. The minimum atomic E-state index is -0.636. The SMILES string of the molecule is CC(C1=C(P(c2ccccc2)c2ccccc2)C=CC1)N(C)P(c1ccccc1)c1ccccc1. The van der Waals surface area contributed by atoms with E-state index in [1.54, 1.807) is 5.57 Å². The standard InChI is InChI=1S/C32H31NP2/c1-26(33(2)35(29-20-11-5-12-21-29)30-22-13-6-14-23-30)31-24-15-25-32(31)34(27-16-7-3-8-17-27)28-18-9-4-10-19-28/h3-23,25-26H,24H2,1-2H3. The Morgan fingerprint density at radius 1 is 0.600 bits per heavy atom. The van der Waals surface area contributed by atoms with Gasteiger partial charge in [-0.1, -0.05) is 133 Å². The third-order valence-electron chi connectivity index (χ3n) is 6.59. The van der Waals surface area contributed by atoms with Crippen LogP contribution in [-0.2, 0) is 0 Å². The first kappa shape index (κ1) is 23.9. The van der Waals surface area contributed by atoms with Gasteiger partial charge in [0.2, 0.25) is 0 Å². The smallest absolute Gasteiger partial charge is 0.0331 e. The van der Waals surface area contributed by atoms with Crippen LogP contribution in [0.5, 0.6) is 0 Å². The van der Waals surface area contributed by atoms with Crippen molar-refractivity contribution in [3.63, 3.8) is 0 Å². The normalized spacial score (nSPS) is 14.3. The van der Waals surface area contributed by atoms with E-state index in [1.165, 1.54) is 26.5 Å². The molecule has 1 nitrogen and oxygen atoms in total. The van der Waals surface area contributed by atoms with Gasteiger partial charge in [-0.05, 0) is 60.4 Å². The molecule has 0 N–H and O–H groups in total. The van der Waals surface area contributed by atoms with Crippen LogP contribution in [0.2, 0.25) is 0 Å². The third kappa shape index (κ3) is 5.24. The van der Waals surface area contributed by atoms with E-state index in [-0.39, 0.29) is 0 Å². The molecule has 174 valence electrons. The maximum atomic E-state index is 2.62. The van der Waals surface area contributed by atoms with Crippen molar-refractivity contribution in [2.75, 3.05) is 7.05 Å². The van der Waals surface area contributed by atoms with Crippen LogP contribution >= 0.6 is 16.0 Å². The van der Waals surface area contributed by atoms with Gasteiger partial charge in [-0.3, -0.25) is 4.67 Å². The van der Waals surface area contributed by atoms with Crippen molar-refractivity contribution in [1.82, 2.24) is 4.67 Å². The lowest BCUT2D eigenvalue weighted by molar-refractivity contribution is 0.474. The van der Waals surface area contributed by atoms with E-state index in [2.05, 4.69) is 152 Å². The molecule has 1 unspecified atom stereocenters. The highest BCUT2D eigenvalue weighted by Crippen LogP contribution is 2.50. The number of hydrogen-bond acceptors (Lipinski definition) is 1. The van der Waals surface area contributed by atoms with E-state index in [9.17, 15) is 0 Å². The summed E-state index contributed by atoms with van der Waals surface area (Å²) in [5, 5.41) is 7.12. The lowest BCUT2D eigenvalue weighted by Gasteiger charge is -2.36. The highest BCUT2D eigenvalue weighted by Gasteiger charge is 2.30. The van der Waals surface area contributed by atoms with Crippen LogP contribution in [0, 0.1) is 0 Å². The van der Waals surface area contributed by atoms with Gasteiger partial charge >= 0.3 is 0 Å². The summed E-state index contributed by atoms with van der Waals surface area (Å²) in [4.78, 5) is 0. The molecule has 0 amide bonds. The Morgan fingerprint density at radius 2 is 1.00 bits per heavy atom. The van der Waals surface area contributed by atoms with Crippen molar-refractivity contribution in [2.45, 2.75) is 19.4 Å². The van der Waals surface area contributed by atoms with Gasteiger partial charge in [0.1, 0.15) is 0 Å². The summed E-state index contributed by atoms with van der Waals surface area (Å²) in [6.45, 7) is 2.40. The van der Waals surface area contributed by atoms with Gasteiger partial charge in [0.25, 0.3) is 0 Å². The molecule has 35 heavy (non-hydrogen) atoms. The number of nitrogens with zero attached hydrogens (tertiary/aromatic N) is 1. The van der Waals surface area contributed by atoms with Crippen molar-refractivity contribution < 1.29 is 0 Å². The third-order valence-corrected chi connectivity index (χ3v) is 11.7. The Kier molecular flexibility index (Phi) is 7.70. The maximum Gasteiger partial charge on any atom is 0.0331 e. The van der Waals surface area contributed by atoms with E-state index in [1.807, 2.05) is 0 Å².